The summed E-state index contributed by atoms with van der Waals surface area (Å²) in [7, 11) is 1.96. The van der Waals surface area contributed by atoms with E-state index in [2.05, 4.69) is 39.4 Å². The van der Waals surface area contributed by atoms with Crippen molar-refractivity contribution in [2.24, 2.45) is 10.7 Å². The van der Waals surface area contributed by atoms with Gasteiger partial charge in [-0.2, -0.15) is 0 Å². The second-order valence-corrected chi connectivity index (χ2v) is 5.09. The molecule has 1 saturated heterocycles. The van der Waals surface area contributed by atoms with E-state index in [1.54, 1.807) is 0 Å². The van der Waals surface area contributed by atoms with Crippen molar-refractivity contribution < 1.29 is 4.74 Å². The van der Waals surface area contributed by atoms with E-state index in [9.17, 15) is 0 Å². The molecule has 1 aliphatic heterocycles. The molecule has 0 aromatic heterocycles. The zero-order valence-electron chi connectivity index (χ0n) is 11.4. The van der Waals surface area contributed by atoms with Crippen LogP contribution in [0.2, 0.25) is 0 Å². The predicted octanol–water partition coefficient (Wildman–Crippen LogP) is 1.25. The topological polar surface area (TPSA) is 54.1 Å². The van der Waals surface area contributed by atoms with Crippen LogP contribution in [-0.4, -0.2) is 59.6 Å². The van der Waals surface area contributed by atoms with E-state index < -0.39 is 0 Å². The van der Waals surface area contributed by atoms with E-state index in [0.29, 0.717) is 5.96 Å². The number of rotatable bonds is 4. The first kappa shape index (κ1) is 15.6. The summed E-state index contributed by atoms with van der Waals surface area (Å²) in [6.07, 6.45) is 2.14. The first-order valence-corrected chi connectivity index (χ1v) is 7.77. The highest BCUT2D eigenvalue weighted by Crippen LogP contribution is 2.14. The van der Waals surface area contributed by atoms with Crippen LogP contribution in [0.4, 0.5) is 0 Å². The van der Waals surface area contributed by atoms with Crippen LogP contribution in [-0.2, 0) is 4.74 Å². The largest absolute Gasteiger partial charge is 0.496 e. The number of allylic oxidation sites excluding steroid dienone is 1. The predicted molar refractivity (Wildman–Crippen MR) is 83.9 cm³/mol. The normalized spacial score (nSPS) is 21.8. The summed E-state index contributed by atoms with van der Waals surface area (Å²) in [4.78, 5) is 8.88. The average Bonchev–Trinajstić information content (AvgIpc) is 2.43. The third-order valence-corrected chi connectivity index (χ3v) is 3.84. The van der Waals surface area contributed by atoms with Gasteiger partial charge < -0.3 is 15.4 Å². The number of morpholine rings is 1. The Hall–Kier alpha value is -0.500. The molecule has 18 heavy (non-hydrogen) atoms. The van der Waals surface area contributed by atoms with Gasteiger partial charge >= 0.3 is 0 Å². The fourth-order valence-corrected chi connectivity index (χ4v) is 2.43. The summed E-state index contributed by atoms with van der Waals surface area (Å²) in [6, 6.07) is 0. The van der Waals surface area contributed by atoms with Crippen molar-refractivity contribution in [2.45, 2.75) is 20.0 Å². The van der Waals surface area contributed by atoms with Gasteiger partial charge in [-0.3, -0.25) is 4.90 Å². The first-order chi connectivity index (χ1) is 8.62. The van der Waals surface area contributed by atoms with Crippen molar-refractivity contribution in [3.05, 3.63) is 11.8 Å². The smallest absolute Gasteiger partial charge is 0.192 e. The number of aliphatic imine (C=N–C) groups is 1. The van der Waals surface area contributed by atoms with Crippen LogP contribution in [0.25, 0.3) is 0 Å². The average molecular weight is 366 g/mol. The third kappa shape index (κ3) is 4.31. The van der Waals surface area contributed by atoms with Crippen molar-refractivity contribution in [1.29, 1.82) is 0 Å². The number of ether oxygens (including phenoxy) is 1. The van der Waals surface area contributed by atoms with Crippen LogP contribution in [0, 0.1) is 0 Å². The van der Waals surface area contributed by atoms with E-state index in [1.165, 1.54) is 0 Å². The Morgan fingerprint density at radius 1 is 1.72 bits per heavy atom. The van der Waals surface area contributed by atoms with Gasteiger partial charge in [-0.1, -0.05) is 22.6 Å². The Morgan fingerprint density at radius 3 is 3.00 bits per heavy atom. The molecule has 1 heterocycles. The Kier molecular flexibility index (Phi) is 6.77. The van der Waals surface area contributed by atoms with Crippen LogP contribution in [0.5, 0.6) is 0 Å². The van der Waals surface area contributed by atoms with Crippen molar-refractivity contribution in [3.8, 4) is 0 Å². The molecule has 5 nitrogen and oxygen atoms in total. The molecular weight excluding hydrogens is 343 g/mol. The lowest BCUT2D eigenvalue weighted by molar-refractivity contribution is 0.0745. The quantitative estimate of drug-likeness (QED) is 0.352. The minimum atomic E-state index is 0.124. The minimum absolute atomic E-state index is 0.124. The van der Waals surface area contributed by atoms with Crippen molar-refractivity contribution in [1.82, 2.24) is 9.80 Å². The molecule has 104 valence electrons. The molecule has 0 aliphatic carbocycles. The maximum atomic E-state index is 5.98. The minimum Gasteiger partial charge on any atom is -0.496 e. The molecule has 1 atom stereocenters. The van der Waals surface area contributed by atoms with E-state index in [1.807, 2.05) is 24.9 Å². The van der Waals surface area contributed by atoms with E-state index in [-0.39, 0.29) is 6.17 Å². The van der Waals surface area contributed by atoms with Crippen molar-refractivity contribution >= 4 is 28.6 Å². The molecule has 1 unspecified atom stereocenters. The summed E-state index contributed by atoms with van der Waals surface area (Å²) in [5, 5.41) is 0. The summed E-state index contributed by atoms with van der Waals surface area (Å²) < 4.78 is 6.48. The number of hydrogen-bond acceptors (Lipinski definition) is 3. The molecule has 1 fully saturated rings. The maximum absolute atomic E-state index is 5.98. The van der Waals surface area contributed by atoms with Gasteiger partial charge in [-0.05, 0) is 19.9 Å². The Bertz CT molecular complexity index is 319. The van der Waals surface area contributed by atoms with Gasteiger partial charge in [0.1, 0.15) is 18.5 Å². The van der Waals surface area contributed by atoms with Gasteiger partial charge in [0, 0.05) is 24.6 Å². The number of nitrogens with zero attached hydrogens (tertiary/aromatic N) is 3. The Labute approximate surface area is 123 Å². The molecule has 0 spiro atoms. The first-order valence-electron chi connectivity index (χ1n) is 6.24. The maximum Gasteiger partial charge on any atom is 0.192 e. The third-order valence-electron chi connectivity index (χ3n) is 3.05. The summed E-state index contributed by atoms with van der Waals surface area (Å²) in [5.41, 5.74) is 5.98. The van der Waals surface area contributed by atoms with E-state index in [4.69, 9.17) is 10.5 Å². The van der Waals surface area contributed by atoms with Gasteiger partial charge in [-0.25, -0.2) is 4.99 Å². The number of nitrogens with two attached hydrogens (primary N) is 1. The highest BCUT2D eigenvalue weighted by atomic mass is 127. The number of alkyl halides is 1. The molecule has 0 saturated carbocycles. The van der Waals surface area contributed by atoms with E-state index in [0.717, 1.165) is 36.4 Å². The number of halogens is 1. The van der Waals surface area contributed by atoms with Gasteiger partial charge in [0.25, 0.3) is 0 Å². The molecule has 0 aromatic rings. The van der Waals surface area contributed by atoms with Gasteiger partial charge in [0.15, 0.2) is 5.96 Å². The fourth-order valence-electron chi connectivity index (χ4n) is 1.67. The van der Waals surface area contributed by atoms with Crippen LogP contribution < -0.4 is 5.73 Å². The molecule has 0 aromatic carbocycles. The molecular formula is C12H23IN4O. The van der Waals surface area contributed by atoms with Crippen LogP contribution >= 0.6 is 22.6 Å². The molecule has 2 N–H and O–H groups in total. The molecule has 1 aliphatic rings. The van der Waals surface area contributed by atoms with Crippen molar-refractivity contribution in [2.75, 3.05) is 37.7 Å². The van der Waals surface area contributed by atoms with Gasteiger partial charge in [0.2, 0.25) is 0 Å². The Balaban J connectivity index is 2.71. The molecule has 0 bridgehead atoms. The number of hydrogen-bond donors (Lipinski definition) is 1. The van der Waals surface area contributed by atoms with Crippen LogP contribution in [0.3, 0.4) is 0 Å². The van der Waals surface area contributed by atoms with Gasteiger partial charge in [0.05, 0.1) is 6.54 Å². The Morgan fingerprint density at radius 2 is 2.44 bits per heavy atom. The summed E-state index contributed by atoms with van der Waals surface area (Å²) in [5.74, 6) is 1.63. The second-order valence-electron chi connectivity index (χ2n) is 4.21. The highest BCUT2D eigenvalue weighted by Gasteiger charge is 2.22. The fraction of sp³-hybridized carbons (Fsp3) is 0.750. The lowest BCUT2D eigenvalue weighted by Crippen LogP contribution is -2.45. The standard InChI is InChI=1S/C12H23IN4O/c1-4-10-9-17(6-7-18-10)11(8-13)15-12(14)16(3)5-2/h4,11H,5-9H2,1-3H3,(H2,14,15)/b10-4-. The second kappa shape index (κ2) is 7.83. The van der Waals surface area contributed by atoms with E-state index >= 15 is 0 Å². The number of guanidine groups is 1. The monoisotopic (exact) mass is 366 g/mol. The lowest BCUT2D eigenvalue weighted by Gasteiger charge is -2.33. The van der Waals surface area contributed by atoms with Crippen LogP contribution in [0.15, 0.2) is 16.8 Å². The zero-order chi connectivity index (χ0) is 13.5. The SMILES string of the molecule is C/C=C1/CN(C(CI)/N=C(\N)N(C)CC)CCO1. The molecule has 1 rings (SSSR count). The van der Waals surface area contributed by atoms with Crippen LogP contribution in [0.1, 0.15) is 13.8 Å². The van der Waals surface area contributed by atoms with Gasteiger partial charge in [-0.15, -0.1) is 0 Å². The lowest BCUT2D eigenvalue weighted by atomic mass is 10.3. The molecule has 6 heteroatoms. The summed E-state index contributed by atoms with van der Waals surface area (Å²) >= 11 is 2.36. The zero-order valence-corrected chi connectivity index (χ0v) is 13.6. The molecule has 0 amide bonds. The summed E-state index contributed by atoms with van der Waals surface area (Å²) in [6.45, 7) is 7.38. The van der Waals surface area contributed by atoms with Crippen molar-refractivity contribution in [3.63, 3.8) is 0 Å². The highest BCUT2D eigenvalue weighted by molar-refractivity contribution is 14.1. The molecule has 0 radical (unpaired) electrons.